The van der Waals surface area contributed by atoms with Crippen LogP contribution < -0.4 is 5.73 Å². The van der Waals surface area contributed by atoms with Crippen LogP contribution in [0.3, 0.4) is 0 Å². The van der Waals surface area contributed by atoms with Gasteiger partial charge in [0.05, 0.1) is 0 Å². The van der Waals surface area contributed by atoms with E-state index in [4.69, 9.17) is 11.1 Å². The minimum Gasteiger partial charge on any atom is -0.379 e. The molecule has 0 aromatic heterocycles. The van der Waals surface area contributed by atoms with Gasteiger partial charge in [0.15, 0.2) is 5.17 Å². The third kappa shape index (κ3) is 2.55. The summed E-state index contributed by atoms with van der Waals surface area (Å²) in [6.07, 6.45) is 7.05. The third-order valence-corrected chi connectivity index (χ3v) is 3.24. The van der Waals surface area contributed by atoms with Gasteiger partial charge in [-0.05, 0) is 25.7 Å². The van der Waals surface area contributed by atoms with Gasteiger partial charge >= 0.3 is 0 Å². The molecule has 0 bridgehead atoms. The van der Waals surface area contributed by atoms with E-state index in [0.29, 0.717) is 5.25 Å². The molecule has 1 unspecified atom stereocenters. The molecule has 0 heterocycles. The number of allylic oxidation sites excluding steroid dienone is 1. The lowest BCUT2D eigenvalue weighted by Gasteiger charge is -2.22. The van der Waals surface area contributed by atoms with Gasteiger partial charge in [0, 0.05) is 5.25 Å². The molecular formula is C9H16N2S. The van der Waals surface area contributed by atoms with Gasteiger partial charge < -0.3 is 5.73 Å². The van der Waals surface area contributed by atoms with E-state index in [1.54, 1.807) is 0 Å². The van der Waals surface area contributed by atoms with Crippen molar-refractivity contribution in [3.63, 3.8) is 0 Å². The fraction of sp³-hybridized carbons (Fsp3) is 0.667. The molecule has 0 aliphatic heterocycles. The quantitative estimate of drug-likeness (QED) is 0.393. The van der Waals surface area contributed by atoms with Gasteiger partial charge in [-0.3, -0.25) is 5.41 Å². The van der Waals surface area contributed by atoms with Crippen molar-refractivity contribution in [3.05, 3.63) is 11.6 Å². The predicted molar refractivity (Wildman–Crippen MR) is 55.5 cm³/mol. The van der Waals surface area contributed by atoms with Crippen LogP contribution in [0.5, 0.6) is 0 Å². The molecule has 0 spiro atoms. The molecule has 0 aromatic carbocycles. The Morgan fingerprint density at radius 2 is 2.58 bits per heavy atom. The highest BCUT2D eigenvalue weighted by atomic mass is 32.2. The Balaban J connectivity index is 2.55. The first kappa shape index (κ1) is 9.65. The van der Waals surface area contributed by atoms with Gasteiger partial charge in [-0.25, -0.2) is 0 Å². The summed E-state index contributed by atoms with van der Waals surface area (Å²) < 4.78 is 0. The van der Waals surface area contributed by atoms with Crippen molar-refractivity contribution in [2.45, 2.75) is 37.9 Å². The molecule has 3 heteroatoms. The fourth-order valence-corrected chi connectivity index (χ4v) is 2.57. The van der Waals surface area contributed by atoms with E-state index in [1.807, 2.05) is 0 Å². The molecule has 1 aliphatic carbocycles. The molecule has 0 saturated heterocycles. The Bertz CT molecular complexity index is 199. The second-order valence-electron chi connectivity index (χ2n) is 3.03. The maximum atomic E-state index is 7.21. The van der Waals surface area contributed by atoms with Gasteiger partial charge in [0.1, 0.15) is 0 Å². The van der Waals surface area contributed by atoms with Crippen LogP contribution in [-0.2, 0) is 0 Å². The largest absolute Gasteiger partial charge is 0.379 e. The third-order valence-electron chi connectivity index (χ3n) is 2.17. The maximum absolute atomic E-state index is 7.21. The molecule has 0 saturated carbocycles. The van der Waals surface area contributed by atoms with E-state index in [-0.39, 0.29) is 5.17 Å². The Hall–Kier alpha value is -0.440. The first-order valence-corrected chi connectivity index (χ1v) is 5.31. The van der Waals surface area contributed by atoms with Crippen molar-refractivity contribution in [2.24, 2.45) is 5.73 Å². The van der Waals surface area contributed by atoms with Crippen molar-refractivity contribution >= 4 is 16.9 Å². The van der Waals surface area contributed by atoms with E-state index in [1.165, 1.54) is 36.6 Å². The zero-order chi connectivity index (χ0) is 8.97. The second kappa shape index (κ2) is 4.55. The molecule has 0 amide bonds. The highest BCUT2D eigenvalue weighted by molar-refractivity contribution is 8.14. The minimum absolute atomic E-state index is 0.251. The molecule has 12 heavy (non-hydrogen) atoms. The summed E-state index contributed by atoms with van der Waals surface area (Å²) >= 11 is 1.50. The standard InChI is InChI=1S/C9H16N2S/c1-2-7-5-3-4-6-8(7)12-9(10)11/h5,8H,2-4,6H2,1H3,(H3,10,11). The van der Waals surface area contributed by atoms with Crippen molar-refractivity contribution < 1.29 is 0 Å². The lowest BCUT2D eigenvalue weighted by atomic mass is 9.97. The van der Waals surface area contributed by atoms with Gasteiger partial charge in [0.25, 0.3) is 0 Å². The first-order valence-electron chi connectivity index (χ1n) is 4.43. The summed E-state index contributed by atoms with van der Waals surface area (Å²) in [6, 6.07) is 0. The van der Waals surface area contributed by atoms with E-state index in [9.17, 15) is 0 Å². The number of rotatable bonds is 2. The molecule has 2 nitrogen and oxygen atoms in total. The average Bonchev–Trinajstić information content (AvgIpc) is 2.04. The Morgan fingerprint density at radius 3 is 3.17 bits per heavy atom. The van der Waals surface area contributed by atoms with E-state index in [0.717, 1.165) is 6.42 Å². The van der Waals surface area contributed by atoms with Crippen LogP contribution in [0, 0.1) is 5.41 Å². The zero-order valence-corrected chi connectivity index (χ0v) is 8.29. The van der Waals surface area contributed by atoms with Crippen LogP contribution in [0.4, 0.5) is 0 Å². The molecule has 0 radical (unpaired) electrons. The summed E-state index contributed by atoms with van der Waals surface area (Å²) in [6.45, 7) is 2.17. The average molecular weight is 184 g/mol. The molecule has 1 aliphatic rings. The van der Waals surface area contributed by atoms with Gasteiger partial charge in [0.2, 0.25) is 0 Å². The van der Waals surface area contributed by atoms with Crippen LogP contribution in [0.2, 0.25) is 0 Å². The Labute approximate surface area is 78.1 Å². The molecule has 1 atom stereocenters. The minimum atomic E-state index is 0.251. The summed E-state index contributed by atoms with van der Waals surface area (Å²) in [5.41, 5.74) is 6.83. The SMILES string of the molecule is CCC1=CCCCC1SC(=N)N. The van der Waals surface area contributed by atoms with E-state index in [2.05, 4.69) is 13.0 Å². The lowest BCUT2D eigenvalue weighted by Crippen LogP contribution is -2.16. The monoisotopic (exact) mass is 184 g/mol. The van der Waals surface area contributed by atoms with Gasteiger partial charge in [-0.15, -0.1) is 0 Å². The number of thioether (sulfide) groups is 1. The van der Waals surface area contributed by atoms with E-state index >= 15 is 0 Å². The Kier molecular flexibility index (Phi) is 3.66. The summed E-state index contributed by atoms with van der Waals surface area (Å²) in [4.78, 5) is 0. The lowest BCUT2D eigenvalue weighted by molar-refractivity contribution is 0.698. The summed E-state index contributed by atoms with van der Waals surface area (Å²) in [7, 11) is 0. The van der Waals surface area contributed by atoms with Crippen molar-refractivity contribution in [2.75, 3.05) is 0 Å². The zero-order valence-electron chi connectivity index (χ0n) is 7.47. The van der Waals surface area contributed by atoms with Crippen molar-refractivity contribution in [1.29, 1.82) is 5.41 Å². The van der Waals surface area contributed by atoms with Crippen LogP contribution in [0.15, 0.2) is 11.6 Å². The molecule has 1 rings (SSSR count). The molecule has 0 fully saturated rings. The van der Waals surface area contributed by atoms with Crippen LogP contribution in [-0.4, -0.2) is 10.4 Å². The topological polar surface area (TPSA) is 49.9 Å². The molecular weight excluding hydrogens is 168 g/mol. The van der Waals surface area contributed by atoms with E-state index < -0.39 is 0 Å². The normalized spacial score (nSPS) is 23.4. The number of nitrogens with two attached hydrogens (primary N) is 1. The molecule has 68 valence electrons. The number of amidine groups is 1. The maximum Gasteiger partial charge on any atom is 0.151 e. The van der Waals surface area contributed by atoms with Gasteiger partial charge in [-0.2, -0.15) is 0 Å². The van der Waals surface area contributed by atoms with Crippen LogP contribution in [0.25, 0.3) is 0 Å². The second-order valence-corrected chi connectivity index (χ2v) is 4.28. The van der Waals surface area contributed by atoms with Crippen LogP contribution in [0.1, 0.15) is 32.6 Å². The highest BCUT2D eigenvalue weighted by Gasteiger charge is 2.17. The number of nitrogens with one attached hydrogen (secondary N) is 1. The smallest absolute Gasteiger partial charge is 0.151 e. The van der Waals surface area contributed by atoms with Crippen molar-refractivity contribution in [1.82, 2.24) is 0 Å². The van der Waals surface area contributed by atoms with Crippen molar-refractivity contribution in [3.8, 4) is 0 Å². The number of hydrogen-bond acceptors (Lipinski definition) is 2. The molecule has 0 aromatic rings. The first-order chi connectivity index (χ1) is 5.74. The fourth-order valence-electron chi connectivity index (χ4n) is 1.57. The number of hydrogen-bond donors (Lipinski definition) is 2. The highest BCUT2D eigenvalue weighted by Crippen LogP contribution is 2.30. The summed E-state index contributed by atoms with van der Waals surface area (Å²) in [5.74, 6) is 0. The Morgan fingerprint density at radius 1 is 1.83 bits per heavy atom. The molecule has 3 N–H and O–H groups in total. The van der Waals surface area contributed by atoms with Gasteiger partial charge in [-0.1, -0.05) is 30.3 Å². The van der Waals surface area contributed by atoms with Crippen LogP contribution >= 0.6 is 11.8 Å². The summed E-state index contributed by atoms with van der Waals surface area (Å²) in [5, 5.41) is 7.95. The predicted octanol–water partition coefficient (Wildman–Crippen LogP) is 2.50.